The number of rotatable bonds is 1. The topological polar surface area (TPSA) is 42.2 Å². The number of hydrogen-bond donors (Lipinski definition) is 1. The third kappa shape index (κ3) is 1.69. The first-order valence-electron chi connectivity index (χ1n) is 4.77. The van der Waals surface area contributed by atoms with Gasteiger partial charge in [-0.15, -0.1) is 0 Å². The molecule has 4 heteroatoms. The number of aromatic hydroxyl groups is 1. The average molecular weight is 219 g/mol. The summed E-state index contributed by atoms with van der Waals surface area (Å²) in [6.07, 6.45) is 0. The van der Waals surface area contributed by atoms with E-state index in [1.165, 1.54) is 22.8 Å². The van der Waals surface area contributed by atoms with E-state index < -0.39 is 11.4 Å². The van der Waals surface area contributed by atoms with Crippen LogP contribution in [0.4, 0.5) is 4.39 Å². The van der Waals surface area contributed by atoms with Crippen molar-refractivity contribution < 1.29 is 9.50 Å². The summed E-state index contributed by atoms with van der Waals surface area (Å²) in [5, 5.41) is 9.23. The van der Waals surface area contributed by atoms with Gasteiger partial charge in [0.25, 0.3) is 5.56 Å². The largest absolute Gasteiger partial charge is 0.508 e. The van der Waals surface area contributed by atoms with Gasteiger partial charge >= 0.3 is 0 Å². The van der Waals surface area contributed by atoms with E-state index >= 15 is 0 Å². The Morgan fingerprint density at radius 1 is 1.25 bits per heavy atom. The van der Waals surface area contributed by atoms with Gasteiger partial charge in [0.1, 0.15) is 11.6 Å². The van der Waals surface area contributed by atoms with Gasteiger partial charge in [0.2, 0.25) is 0 Å². The van der Waals surface area contributed by atoms with Crippen molar-refractivity contribution in [1.29, 1.82) is 0 Å². The van der Waals surface area contributed by atoms with Gasteiger partial charge in [-0.2, -0.15) is 0 Å². The molecule has 2 aromatic rings. The summed E-state index contributed by atoms with van der Waals surface area (Å²) in [6.45, 7) is 1.63. The average Bonchev–Trinajstić information content (AvgIpc) is 2.19. The molecule has 0 aliphatic heterocycles. The van der Waals surface area contributed by atoms with Crippen LogP contribution >= 0.6 is 0 Å². The zero-order valence-electron chi connectivity index (χ0n) is 8.64. The zero-order valence-corrected chi connectivity index (χ0v) is 8.64. The molecule has 1 N–H and O–H groups in total. The van der Waals surface area contributed by atoms with Crippen LogP contribution in [0.1, 0.15) is 5.69 Å². The van der Waals surface area contributed by atoms with E-state index in [0.29, 0.717) is 5.69 Å². The van der Waals surface area contributed by atoms with E-state index in [2.05, 4.69) is 0 Å². The predicted octanol–water partition coefficient (Wildman–Crippen LogP) is 1.99. The van der Waals surface area contributed by atoms with Crippen molar-refractivity contribution in [3.63, 3.8) is 0 Å². The van der Waals surface area contributed by atoms with E-state index in [-0.39, 0.29) is 11.4 Å². The molecule has 0 aliphatic carbocycles. The van der Waals surface area contributed by atoms with Crippen molar-refractivity contribution in [3.05, 3.63) is 58.3 Å². The van der Waals surface area contributed by atoms with Crippen molar-refractivity contribution in [3.8, 4) is 11.4 Å². The lowest BCUT2D eigenvalue weighted by Crippen LogP contribution is -2.20. The Balaban J connectivity index is 2.75. The molecule has 0 spiro atoms. The summed E-state index contributed by atoms with van der Waals surface area (Å²) in [5.74, 6) is -0.589. The molecule has 0 saturated carbocycles. The molecule has 0 amide bonds. The van der Waals surface area contributed by atoms with Crippen molar-refractivity contribution in [1.82, 2.24) is 4.57 Å². The Hall–Kier alpha value is -2.10. The highest BCUT2D eigenvalue weighted by molar-refractivity contribution is 5.37. The molecule has 3 nitrogen and oxygen atoms in total. The minimum atomic E-state index is -0.474. The molecule has 0 aliphatic rings. The lowest BCUT2D eigenvalue weighted by atomic mass is 10.2. The first-order valence-corrected chi connectivity index (χ1v) is 4.77. The Kier molecular flexibility index (Phi) is 2.48. The maximum Gasteiger partial charge on any atom is 0.259 e. The number of halogens is 1. The Morgan fingerprint density at radius 2 is 1.94 bits per heavy atom. The maximum atomic E-state index is 13.5. The van der Waals surface area contributed by atoms with Crippen LogP contribution in [0.2, 0.25) is 0 Å². The second-order valence-corrected chi connectivity index (χ2v) is 3.48. The van der Waals surface area contributed by atoms with Crippen LogP contribution in [0.5, 0.6) is 5.75 Å². The molecule has 0 unspecified atom stereocenters. The van der Waals surface area contributed by atoms with E-state index in [9.17, 15) is 14.3 Å². The van der Waals surface area contributed by atoms with Crippen molar-refractivity contribution in [2.24, 2.45) is 0 Å². The molecule has 0 bridgehead atoms. The number of aryl methyl sites for hydroxylation is 1. The van der Waals surface area contributed by atoms with Crippen molar-refractivity contribution in [2.75, 3.05) is 0 Å². The van der Waals surface area contributed by atoms with E-state index in [4.69, 9.17) is 0 Å². The van der Waals surface area contributed by atoms with Crippen molar-refractivity contribution in [2.45, 2.75) is 6.92 Å². The van der Waals surface area contributed by atoms with Gasteiger partial charge in [-0.3, -0.25) is 9.36 Å². The molecule has 0 fully saturated rings. The van der Waals surface area contributed by atoms with Gasteiger partial charge in [-0.05, 0) is 25.1 Å². The third-order valence-corrected chi connectivity index (χ3v) is 2.29. The van der Waals surface area contributed by atoms with Crippen molar-refractivity contribution >= 4 is 0 Å². The molecule has 1 heterocycles. The quantitative estimate of drug-likeness (QED) is 0.797. The molecular formula is C12H10FNO2. The normalized spacial score (nSPS) is 10.4. The second kappa shape index (κ2) is 3.81. The molecule has 0 atom stereocenters. The fraction of sp³-hybridized carbons (Fsp3) is 0.0833. The smallest absolute Gasteiger partial charge is 0.259 e. The highest BCUT2D eigenvalue weighted by Gasteiger charge is 2.08. The number of aromatic nitrogens is 1. The molecule has 0 radical (unpaired) electrons. The highest BCUT2D eigenvalue weighted by atomic mass is 19.1. The Morgan fingerprint density at radius 3 is 2.56 bits per heavy atom. The lowest BCUT2D eigenvalue weighted by molar-refractivity contribution is 0.471. The first kappa shape index (κ1) is 10.4. The third-order valence-electron chi connectivity index (χ3n) is 2.29. The fourth-order valence-electron chi connectivity index (χ4n) is 1.63. The SMILES string of the molecule is Cc1cc(O)cc(=O)n1-c1ccccc1F. The fourth-order valence-corrected chi connectivity index (χ4v) is 1.63. The number of hydrogen-bond acceptors (Lipinski definition) is 2. The van der Waals surface area contributed by atoms with Crippen LogP contribution in [0.25, 0.3) is 5.69 Å². The summed E-state index contributed by atoms with van der Waals surface area (Å²) in [5.41, 5.74) is 0.211. The van der Waals surface area contributed by atoms with Gasteiger partial charge in [0.05, 0.1) is 5.69 Å². The minimum Gasteiger partial charge on any atom is -0.508 e. The number of pyridine rings is 1. The van der Waals surface area contributed by atoms with Crippen LogP contribution in [0.3, 0.4) is 0 Å². The van der Waals surface area contributed by atoms with Gasteiger partial charge in [-0.1, -0.05) is 12.1 Å². The lowest BCUT2D eigenvalue weighted by Gasteiger charge is -2.10. The molecule has 1 aromatic carbocycles. The molecular weight excluding hydrogens is 209 g/mol. The Bertz CT molecular complexity index is 590. The van der Waals surface area contributed by atoms with Gasteiger partial charge < -0.3 is 5.11 Å². The first-order chi connectivity index (χ1) is 7.59. The molecule has 1 aromatic heterocycles. The highest BCUT2D eigenvalue weighted by Crippen LogP contribution is 2.15. The Labute approximate surface area is 91.4 Å². The summed E-state index contributed by atoms with van der Waals surface area (Å²) in [6, 6.07) is 8.47. The standard InChI is InChI=1S/C12H10FNO2/c1-8-6-9(15)7-12(16)14(8)11-5-3-2-4-10(11)13/h2-7,15H,1H3. The van der Waals surface area contributed by atoms with Crippen LogP contribution in [-0.4, -0.2) is 9.67 Å². The van der Waals surface area contributed by atoms with Crippen LogP contribution in [-0.2, 0) is 0 Å². The molecule has 2 rings (SSSR count). The van der Waals surface area contributed by atoms with E-state index in [1.807, 2.05) is 0 Å². The molecule has 0 saturated heterocycles. The number of benzene rings is 1. The van der Waals surface area contributed by atoms with E-state index in [0.717, 1.165) is 6.07 Å². The second-order valence-electron chi connectivity index (χ2n) is 3.48. The van der Waals surface area contributed by atoms with E-state index in [1.54, 1.807) is 19.1 Å². The molecule has 82 valence electrons. The van der Waals surface area contributed by atoms with Gasteiger partial charge in [-0.25, -0.2) is 4.39 Å². The number of para-hydroxylation sites is 1. The summed E-state index contributed by atoms with van der Waals surface area (Å²) in [7, 11) is 0. The minimum absolute atomic E-state index is 0.116. The summed E-state index contributed by atoms with van der Waals surface area (Å²) < 4.78 is 14.7. The van der Waals surface area contributed by atoms with Gasteiger partial charge in [0.15, 0.2) is 0 Å². The zero-order chi connectivity index (χ0) is 11.7. The summed E-state index contributed by atoms with van der Waals surface area (Å²) >= 11 is 0. The van der Waals surface area contributed by atoms with Crippen LogP contribution in [0, 0.1) is 12.7 Å². The van der Waals surface area contributed by atoms with Gasteiger partial charge in [0, 0.05) is 11.8 Å². The predicted molar refractivity (Wildman–Crippen MR) is 58.4 cm³/mol. The summed E-state index contributed by atoms with van der Waals surface area (Å²) in [4.78, 5) is 11.6. The maximum absolute atomic E-state index is 13.5. The number of nitrogens with zero attached hydrogens (tertiary/aromatic N) is 1. The van der Waals surface area contributed by atoms with Crippen LogP contribution in [0.15, 0.2) is 41.2 Å². The van der Waals surface area contributed by atoms with Crippen LogP contribution < -0.4 is 5.56 Å². The molecule has 16 heavy (non-hydrogen) atoms. The monoisotopic (exact) mass is 219 g/mol.